The first kappa shape index (κ1) is 16.9. The van der Waals surface area contributed by atoms with Gasteiger partial charge in [-0.3, -0.25) is 0 Å². The quantitative estimate of drug-likeness (QED) is 0.411. The summed E-state index contributed by atoms with van der Waals surface area (Å²) in [6.45, 7) is 5.71. The van der Waals surface area contributed by atoms with Gasteiger partial charge in [-0.25, -0.2) is 5.10 Å². The number of aryl methyl sites for hydroxylation is 1. The number of aromatic hydroxyl groups is 1. The molecule has 0 atom stereocenters. The predicted octanol–water partition coefficient (Wildman–Crippen LogP) is 4.23. The first-order chi connectivity index (χ1) is 12.1. The summed E-state index contributed by atoms with van der Waals surface area (Å²) in [7, 11) is 0. The van der Waals surface area contributed by atoms with Crippen molar-refractivity contribution in [2.24, 2.45) is 5.10 Å². The van der Waals surface area contributed by atoms with E-state index in [1.165, 1.54) is 0 Å². The Hall–Kier alpha value is -2.99. The minimum atomic E-state index is 0.193. The van der Waals surface area contributed by atoms with Crippen LogP contribution in [0.1, 0.15) is 16.7 Å². The molecule has 0 amide bonds. The average molecular weight is 350 g/mol. The Morgan fingerprint density at radius 3 is 2.84 bits per heavy atom. The van der Waals surface area contributed by atoms with E-state index in [2.05, 4.69) is 21.9 Å². The minimum Gasteiger partial charge on any atom is -0.507 e. The molecule has 6 heteroatoms. The SMILES string of the molecule is C=CCc1cccc(C=Nn2c(-c3ccccc3C)n[nH]c2=S)c1O. The molecule has 5 nitrogen and oxygen atoms in total. The van der Waals surface area contributed by atoms with Gasteiger partial charge in [0, 0.05) is 11.1 Å². The van der Waals surface area contributed by atoms with E-state index in [9.17, 15) is 5.11 Å². The summed E-state index contributed by atoms with van der Waals surface area (Å²) in [5.41, 5.74) is 3.42. The fourth-order valence-electron chi connectivity index (χ4n) is 2.55. The summed E-state index contributed by atoms with van der Waals surface area (Å²) in [4.78, 5) is 0. The second-order valence-corrected chi connectivity index (χ2v) is 5.96. The zero-order valence-electron chi connectivity index (χ0n) is 13.8. The Labute approximate surface area is 151 Å². The van der Waals surface area contributed by atoms with Crippen LogP contribution in [0.25, 0.3) is 11.4 Å². The van der Waals surface area contributed by atoms with Gasteiger partial charge in [-0.2, -0.15) is 14.9 Å². The highest BCUT2D eigenvalue weighted by molar-refractivity contribution is 7.71. The lowest BCUT2D eigenvalue weighted by Gasteiger charge is -2.06. The molecular formula is C19H18N4OS. The third kappa shape index (κ3) is 3.44. The maximum Gasteiger partial charge on any atom is 0.216 e. The van der Waals surface area contributed by atoms with Crippen LogP contribution in [0.5, 0.6) is 5.75 Å². The van der Waals surface area contributed by atoms with Gasteiger partial charge in [-0.05, 0) is 42.8 Å². The lowest BCUT2D eigenvalue weighted by molar-refractivity contribution is 0.469. The molecule has 3 aromatic rings. The predicted molar refractivity (Wildman–Crippen MR) is 103 cm³/mol. The summed E-state index contributed by atoms with van der Waals surface area (Å²) in [5, 5.41) is 21.8. The second kappa shape index (κ2) is 7.27. The lowest BCUT2D eigenvalue weighted by Crippen LogP contribution is -1.97. The molecule has 2 N–H and O–H groups in total. The summed E-state index contributed by atoms with van der Waals surface area (Å²) < 4.78 is 1.94. The fourth-order valence-corrected chi connectivity index (χ4v) is 2.73. The van der Waals surface area contributed by atoms with Gasteiger partial charge >= 0.3 is 0 Å². The van der Waals surface area contributed by atoms with Gasteiger partial charge in [0.1, 0.15) is 5.75 Å². The molecule has 1 heterocycles. The Morgan fingerprint density at radius 2 is 2.08 bits per heavy atom. The highest BCUT2D eigenvalue weighted by Crippen LogP contribution is 2.23. The number of aromatic nitrogens is 3. The van der Waals surface area contributed by atoms with E-state index in [0.717, 1.165) is 16.7 Å². The molecule has 0 aliphatic heterocycles. The number of phenolic OH excluding ortho intramolecular Hbond substituents is 1. The van der Waals surface area contributed by atoms with Gasteiger partial charge in [0.15, 0.2) is 5.82 Å². The standard InChI is InChI=1S/C19H18N4OS/c1-3-7-14-9-6-10-15(17(14)24)12-20-23-18(21-22-19(23)25)16-11-5-4-8-13(16)2/h3-6,8-12,24H,1,7H2,2H3,(H,22,25). The smallest absolute Gasteiger partial charge is 0.216 e. The molecule has 25 heavy (non-hydrogen) atoms. The summed E-state index contributed by atoms with van der Waals surface area (Å²) in [6, 6.07) is 13.4. The minimum absolute atomic E-state index is 0.193. The maximum atomic E-state index is 10.4. The number of nitrogens with zero attached hydrogens (tertiary/aromatic N) is 3. The number of H-pyrrole nitrogens is 1. The van der Waals surface area contributed by atoms with Crippen molar-refractivity contribution in [2.75, 3.05) is 0 Å². The summed E-state index contributed by atoms with van der Waals surface area (Å²) in [6.07, 6.45) is 3.92. The molecule has 3 rings (SSSR count). The fraction of sp³-hybridized carbons (Fsp3) is 0.105. The molecule has 0 spiro atoms. The third-order valence-corrected chi connectivity index (χ3v) is 4.13. The molecule has 0 saturated carbocycles. The van der Waals surface area contributed by atoms with Crippen molar-refractivity contribution in [3.63, 3.8) is 0 Å². The Bertz CT molecular complexity index is 1000. The Kier molecular flexibility index (Phi) is 4.90. The van der Waals surface area contributed by atoms with Crippen LogP contribution in [0.15, 0.2) is 60.2 Å². The number of benzene rings is 2. The van der Waals surface area contributed by atoms with E-state index >= 15 is 0 Å². The number of hydrogen-bond donors (Lipinski definition) is 2. The molecule has 1 aromatic heterocycles. The number of hydrogen-bond acceptors (Lipinski definition) is 4. The summed E-state index contributed by atoms with van der Waals surface area (Å²) in [5.74, 6) is 0.819. The van der Waals surface area contributed by atoms with Gasteiger partial charge in [0.2, 0.25) is 4.77 Å². The Balaban J connectivity index is 2.03. The van der Waals surface area contributed by atoms with E-state index in [1.54, 1.807) is 23.0 Å². The number of phenols is 1. The molecule has 0 unspecified atom stereocenters. The van der Waals surface area contributed by atoms with Crippen molar-refractivity contribution >= 4 is 18.4 Å². The van der Waals surface area contributed by atoms with Crippen LogP contribution in [-0.2, 0) is 6.42 Å². The number of nitrogens with one attached hydrogen (secondary N) is 1. The number of aromatic amines is 1. The van der Waals surface area contributed by atoms with Crippen LogP contribution in [-0.4, -0.2) is 26.2 Å². The highest BCUT2D eigenvalue weighted by atomic mass is 32.1. The van der Waals surface area contributed by atoms with E-state index in [1.807, 2.05) is 43.3 Å². The Morgan fingerprint density at radius 1 is 1.28 bits per heavy atom. The molecular weight excluding hydrogens is 332 g/mol. The molecule has 2 aromatic carbocycles. The zero-order valence-corrected chi connectivity index (χ0v) is 14.6. The highest BCUT2D eigenvalue weighted by Gasteiger charge is 2.10. The van der Waals surface area contributed by atoms with Crippen LogP contribution in [0.3, 0.4) is 0 Å². The van der Waals surface area contributed by atoms with Crippen molar-refractivity contribution in [2.45, 2.75) is 13.3 Å². The zero-order chi connectivity index (χ0) is 17.8. The van der Waals surface area contributed by atoms with E-state index in [4.69, 9.17) is 12.2 Å². The second-order valence-electron chi connectivity index (χ2n) is 5.57. The molecule has 0 bridgehead atoms. The summed E-state index contributed by atoms with van der Waals surface area (Å²) >= 11 is 5.29. The molecule has 0 radical (unpaired) electrons. The van der Waals surface area contributed by atoms with E-state index < -0.39 is 0 Å². The largest absolute Gasteiger partial charge is 0.507 e. The maximum absolute atomic E-state index is 10.4. The van der Waals surface area contributed by atoms with Gasteiger partial charge < -0.3 is 5.11 Å². The molecule has 0 fully saturated rings. The van der Waals surface area contributed by atoms with Gasteiger partial charge in [0.25, 0.3) is 0 Å². The van der Waals surface area contributed by atoms with Crippen LogP contribution in [0, 0.1) is 11.7 Å². The van der Waals surface area contributed by atoms with Crippen molar-refractivity contribution in [3.8, 4) is 17.1 Å². The van der Waals surface area contributed by atoms with Crippen LogP contribution in [0.4, 0.5) is 0 Å². The topological polar surface area (TPSA) is 66.2 Å². The third-order valence-electron chi connectivity index (χ3n) is 3.86. The van der Waals surface area contributed by atoms with E-state index in [-0.39, 0.29) is 5.75 Å². The van der Waals surface area contributed by atoms with Crippen molar-refractivity contribution < 1.29 is 5.11 Å². The number of allylic oxidation sites excluding steroid dienone is 1. The van der Waals surface area contributed by atoms with E-state index in [0.29, 0.717) is 22.6 Å². The van der Waals surface area contributed by atoms with Gasteiger partial charge in [-0.1, -0.05) is 42.5 Å². The lowest BCUT2D eigenvalue weighted by atomic mass is 10.1. The first-order valence-corrected chi connectivity index (χ1v) is 8.22. The molecule has 0 saturated heterocycles. The molecule has 126 valence electrons. The molecule has 0 aliphatic rings. The molecule has 0 aliphatic carbocycles. The van der Waals surface area contributed by atoms with Gasteiger partial charge in [-0.15, -0.1) is 6.58 Å². The number of para-hydroxylation sites is 1. The van der Waals surface area contributed by atoms with Crippen LogP contribution >= 0.6 is 12.2 Å². The average Bonchev–Trinajstić information content (AvgIpc) is 2.97. The van der Waals surface area contributed by atoms with Crippen LogP contribution < -0.4 is 0 Å². The van der Waals surface area contributed by atoms with Crippen molar-refractivity contribution in [1.29, 1.82) is 0 Å². The normalized spacial score (nSPS) is 11.1. The van der Waals surface area contributed by atoms with Crippen molar-refractivity contribution in [1.82, 2.24) is 14.9 Å². The monoisotopic (exact) mass is 350 g/mol. The van der Waals surface area contributed by atoms with Crippen LogP contribution in [0.2, 0.25) is 0 Å². The van der Waals surface area contributed by atoms with Crippen molar-refractivity contribution in [3.05, 3.63) is 76.6 Å². The number of rotatable bonds is 5. The first-order valence-electron chi connectivity index (χ1n) is 7.81. The van der Waals surface area contributed by atoms with Gasteiger partial charge in [0.05, 0.1) is 6.21 Å².